The van der Waals surface area contributed by atoms with Crippen LogP contribution in [0.3, 0.4) is 0 Å². The molecule has 0 bridgehead atoms. The average Bonchev–Trinajstić information content (AvgIpc) is 2.68. The number of nitrogens with zero attached hydrogens (tertiary/aromatic N) is 1. The zero-order valence-corrected chi connectivity index (χ0v) is 17.8. The van der Waals surface area contributed by atoms with Crippen molar-refractivity contribution >= 4 is 23.4 Å². The van der Waals surface area contributed by atoms with Crippen LogP contribution in [-0.4, -0.2) is 28.8 Å². The molecule has 0 radical (unpaired) electrons. The molecule has 2 aromatic carbocycles. The Bertz CT molecular complexity index is 805. The summed E-state index contributed by atoms with van der Waals surface area (Å²) in [5, 5.41) is 3.53. The fourth-order valence-electron chi connectivity index (χ4n) is 2.84. The second-order valence-corrected chi connectivity index (χ2v) is 7.68. The number of carbonyl (C=O) groups excluding carboxylic acids is 2. The molecule has 0 aromatic heterocycles. The Labute approximate surface area is 172 Å². The predicted octanol–water partition coefficient (Wildman–Crippen LogP) is 4.52. The maximum absolute atomic E-state index is 13.1. The van der Waals surface area contributed by atoms with Gasteiger partial charge in [-0.25, -0.2) is 0 Å². The number of aryl methyl sites for hydroxylation is 1. The third-order valence-corrected chi connectivity index (χ3v) is 5.31. The summed E-state index contributed by atoms with van der Waals surface area (Å²) in [7, 11) is 0. The molecule has 0 aliphatic rings. The molecule has 0 aliphatic heterocycles. The highest BCUT2D eigenvalue weighted by atomic mass is 35.5. The number of hydrogen-bond acceptors (Lipinski definition) is 2. The summed E-state index contributed by atoms with van der Waals surface area (Å²) in [5.41, 5.74) is 2.90. The lowest BCUT2D eigenvalue weighted by atomic mass is 10.1. The summed E-state index contributed by atoms with van der Waals surface area (Å²) in [6, 6.07) is 14.8. The average molecular weight is 401 g/mol. The third kappa shape index (κ3) is 6.10. The van der Waals surface area contributed by atoms with Gasteiger partial charge in [-0.1, -0.05) is 66.6 Å². The number of benzene rings is 2. The van der Waals surface area contributed by atoms with Gasteiger partial charge in [0.05, 0.1) is 6.42 Å². The zero-order valence-electron chi connectivity index (χ0n) is 17.0. The van der Waals surface area contributed by atoms with Gasteiger partial charge in [0.1, 0.15) is 6.04 Å². The molecule has 0 unspecified atom stereocenters. The van der Waals surface area contributed by atoms with E-state index in [0.29, 0.717) is 11.6 Å². The monoisotopic (exact) mass is 400 g/mol. The van der Waals surface area contributed by atoms with Crippen molar-refractivity contribution in [3.63, 3.8) is 0 Å². The van der Waals surface area contributed by atoms with Crippen LogP contribution in [0.1, 0.15) is 43.9 Å². The van der Waals surface area contributed by atoms with Crippen LogP contribution < -0.4 is 5.32 Å². The summed E-state index contributed by atoms with van der Waals surface area (Å²) in [5.74, 6) is -0.269. The highest BCUT2D eigenvalue weighted by molar-refractivity contribution is 6.31. The zero-order chi connectivity index (χ0) is 20.7. The summed E-state index contributed by atoms with van der Waals surface area (Å²) in [6.07, 6.45) is 0.997. The highest BCUT2D eigenvalue weighted by Crippen LogP contribution is 2.18. The largest absolute Gasteiger partial charge is 0.352 e. The molecule has 0 aliphatic carbocycles. The van der Waals surface area contributed by atoms with E-state index in [-0.39, 0.29) is 24.3 Å². The Hall–Kier alpha value is -2.33. The van der Waals surface area contributed by atoms with Gasteiger partial charge in [0.15, 0.2) is 0 Å². The van der Waals surface area contributed by atoms with Gasteiger partial charge in [0, 0.05) is 17.6 Å². The molecule has 4 nitrogen and oxygen atoms in total. The van der Waals surface area contributed by atoms with Gasteiger partial charge in [-0.15, -0.1) is 0 Å². The molecule has 150 valence electrons. The Morgan fingerprint density at radius 2 is 1.71 bits per heavy atom. The predicted molar refractivity (Wildman–Crippen MR) is 114 cm³/mol. The van der Waals surface area contributed by atoms with Crippen LogP contribution in [0.2, 0.25) is 5.02 Å². The van der Waals surface area contributed by atoms with Crippen molar-refractivity contribution in [2.75, 3.05) is 0 Å². The summed E-state index contributed by atoms with van der Waals surface area (Å²) in [6.45, 7) is 8.14. The van der Waals surface area contributed by atoms with E-state index >= 15 is 0 Å². The van der Waals surface area contributed by atoms with Gasteiger partial charge in [-0.3, -0.25) is 9.59 Å². The van der Waals surface area contributed by atoms with Crippen molar-refractivity contribution in [2.45, 2.75) is 59.2 Å². The SMILES string of the molecule is CC[C@@H](C)NC(=O)[C@@H](C)N(Cc1ccc(C)cc1)C(=O)Cc1ccccc1Cl. The van der Waals surface area contributed by atoms with E-state index < -0.39 is 6.04 Å². The Morgan fingerprint density at radius 1 is 1.07 bits per heavy atom. The number of hydrogen-bond donors (Lipinski definition) is 1. The van der Waals surface area contributed by atoms with Gasteiger partial charge < -0.3 is 10.2 Å². The first kappa shape index (κ1) is 22.0. The molecular weight excluding hydrogens is 372 g/mol. The van der Waals surface area contributed by atoms with Gasteiger partial charge in [0.25, 0.3) is 0 Å². The smallest absolute Gasteiger partial charge is 0.242 e. The first-order valence-electron chi connectivity index (χ1n) is 9.70. The van der Waals surface area contributed by atoms with E-state index in [1.807, 2.05) is 63.2 Å². The molecule has 0 spiro atoms. The summed E-state index contributed by atoms with van der Waals surface area (Å²) < 4.78 is 0. The molecule has 5 heteroatoms. The van der Waals surface area contributed by atoms with E-state index in [4.69, 9.17) is 11.6 Å². The fourth-order valence-corrected chi connectivity index (χ4v) is 3.05. The second-order valence-electron chi connectivity index (χ2n) is 7.27. The first-order valence-corrected chi connectivity index (χ1v) is 10.1. The number of carbonyl (C=O) groups is 2. The van der Waals surface area contributed by atoms with Gasteiger partial charge in [-0.2, -0.15) is 0 Å². The van der Waals surface area contributed by atoms with Crippen molar-refractivity contribution in [1.82, 2.24) is 10.2 Å². The lowest BCUT2D eigenvalue weighted by molar-refractivity contribution is -0.140. The van der Waals surface area contributed by atoms with Crippen LogP contribution in [0.25, 0.3) is 0 Å². The van der Waals surface area contributed by atoms with Crippen LogP contribution in [0, 0.1) is 6.92 Å². The maximum atomic E-state index is 13.1. The number of halogens is 1. The summed E-state index contributed by atoms with van der Waals surface area (Å²) >= 11 is 6.23. The van der Waals surface area contributed by atoms with E-state index in [0.717, 1.165) is 23.1 Å². The van der Waals surface area contributed by atoms with Gasteiger partial charge >= 0.3 is 0 Å². The molecule has 0 heterocycles. The molecular formula is C23H29ClN2O2. The molecule has 0 fully saturated rings. The Kier molecular flexibility index (Phi) is 8.06. The van der Waals surface area contributed by atoms with Gasteiger partial charge in [0.2, 0.25) is 11.8 Å². The molecule has 2 aromatic rings. The fraction of sp³-hybridized carbons (Fsp3) is 0.391. The standard InChI is InChI=1S/C23H29ClN2O2/c1-5-17(3)25-23(28)18(4)26(15-19-12-10-16(2)11-13-19)22(27)14-20-8-6-7-9-21(20)24/h6-13,17-18H,5,14-15H2,1-4H3,(H,25,28)/t17-,18-/m1/s1. The van der Waals surface area contributed by atoms with Crippen LogP contribution in [0.5, 0.6) is 0 Å². The van der Waals surface area contributed by atoms with Crippen molar-refractivity contribution in [2.24, 2.45) is 0 Å². The Balaban J connectivity index is 2.23. The van der Waals surface area contributed by atoms with Crippen molar-refractivity contribution < 1.29 is 9.59 Å². The van der Waals surface area contributed by atoms with Crippen LogP contribution in [0.15, 0.2) is 48.5 Å². The van der Waals surface area contributed by atoms with Crippen molar-refractivity contribution in [1.29, 1.82) is 0 Å². The number of amides is 2. The lowest BCUT2D eigenvalue weighted by Gasteiger charge is -2.30. The minimum absolute atomic E-state index is 0.0647. The minimum atomic E-state index is -0.578. The van der Waals surface area contributed by atoms with E-state index in [2.05, 4.69) is 5.32 Å². The quantitative estimate of drug-likeness (QED) is 0.708. The summed E-state index contributed by atoms with van der Waals surface area (Å²) in [4.78, 5) is 27.4. The maximum Gasteiger partial charge on any atom is 0.242 e. The second kappa shape index (κ2) is 10.3. The van der Waals surface area contributed by atoms with E-state index in [1.54, 1.807) is 17.9 Å². The minimum Gasteiger partial charge on any atom is -0.352 e. The third-order valence-electron chi connectivity index (χ3n) is 4.94. The van der Waals surface area contributed by atoms with Crippen LogP contribution >= 0.6 is 11.6 Å². The lowest BCUT2D eigenvalue weighted by Crippen LogP contribution is -2.49. The number of rotatable bonds is 8. The Morgan fingerprint density at radius 3 is 2.32 bits per heavy atom. The topological polar surface area (TPSA) is 49.4 Å². The number of nitrogens with one attached hydrogen (secondary N) is 1. The molecule has 2 atom stereocenters. The van der Waals surface area contributed by atoms with E-state index in [9.17, 15) is 9.59 Å². The first-order chi connectivity index (χ1) is 13.3. The highest BCUT2D eigenvalue weighted by Gasteiger charge is 2.27. The van der Waals surface area contributed by atoms with Gasteiger partial charge in [-0.05, 0) is 44.4 Å². The van der Waals surface area contributed by atoms with Crippen molar-refractivity contribution in [3.8, 4) is 0 Å². The molecule has 1 N–H and O–H groups in total. The normalized spacial score (nSPS) is 12.9. The molecule has 0 saturated carbocycles. The van der Waals surface area contributed by atoms with Crippen LogP contribution in [0.4, 0.5) is 0 Å². The van der Waals surface area contributed by atoms with E-state index in [1.165, 1.54) is 0 Å². The molecule has 0 saturated heterocycles. The van der Waals surface area contributed by atoms with Crippen molar-refractivity contribution in [3.05, 3.63) is 70.2 Å². The molecule has 2 rings (SSSR count). The molecule has 2 amide bonds. The molecule has 28 heavy (non-hydrogen) atoms. The van der Waals surface area contributed by atoms with Crippen LogP contribution in [-0.2, 0) is 22.6 Å².